The number of thiophene rings is 1. The quantitative estimate of drug-likeness (QED) is 0.0822. The van der Waals surface area contributed by atoms with Crippen LogP contribution in [-0.4, -0.2) is 36.1 Å². The van der Waals surface area contributed by atoms with Crippen molar-refractivity contribution < 1.29 is 23.9 Å². The van der Waals surface area contributed by atoms with Gasteiger partial charge >= 0.3 is 5.97 Å². The molecule has 0 unspecified atom stereocenters. The van der Waals surface area contributed by atoms with Crippen molar-refractivity contribution in [1.29, 1.82) is 0 Å². The first kappa shape index (κ1) is 34.3. The highest BCUT2D eigenvalue weighted by Gasteiger charge is 2.27. The number of anilines is 2. The number of carbonyl (C=O) groups excluding carboxylic acids is 4. The van der Waals surface area contributed by atoms with Crippen LogP contribution in [0.5, 0.6) is 0 Å². The summed E-state index contributed by atoms with van der Waals surface area (Å²) in [6.45, 7) is 2.01. The van der Waals surface area contributed by atoms with E-state index in [9.17, 15) is 19.2 Å². The molecular formula is C35H31Cl2N3O5S2. The minimum atomic E-state index is -0.585. The molecule has 0 aliphatic heterocycles. The van der Waals surface area contributed by atoms with Crippen molar-refractivity contribution in [3.05, 3.63) is 116 Å². The van der Waals surface area contributed by atoms with Crippen LogP contribution in [-0.2, 0) is 27.2 Å². The molecule has 47 heavy (non-hydrogen) atoms. The number of hydrogen-bond acceptors (Lipinski definition) is 7. The number of ether oxygens (including phenoxy) is 1. The summed E-state index contributed by atoms with van der Waals surface area (Å²) < 4.78 is 5.29. The van der Waals surface area contributed by atoms with E-state index in [4.69, 9.17) is 27.9 Å². The van der Waals surface area contributed by atoms with Gasteiger partial charge in [0.1, 0.15) is 10.7 Å². The second-order valence-electron chi connectivity index (χ2n) is 10.5. The average molecular weight is 709 g/mol. The van der Waals surface area contributed by atoms with Gasteiger partial charge in [-0.2, -0.15) is 0 Å². The Morgan fingerprint density at radius 2 is 1.70 bits per heavy atom. The zero-order chi connectivity index (χ0) is 33.3. The number of thioether (sulfide) groups is 1. The van der Waals surface area contributed by atoms with E-state index in [-0.39, 0.29) is 29.0 Å². The molecule has 0 fully saturated rings. The van der Waals surface area contributed by atoms with Gasteiger partial charge in [-0.15, -0.1) is 23.1 Å². The molecule has 3 N–H and O–H groups in total. The van der Waals surface area contributed by atoms with Crippen LogP contribution in [0.15, 0.2) is 83.4 Å². The number of carbonyl (C=O) groups is 4. The van der Waals surface area contributed by atoms with Crippen LogP contribution >= 0.6 is 46.3 Å². The lowest BCUT2D eigenvalue weighted by Gasteiger charge is -2.13. The van der Waals surface area contributed by atoms with Crippen molar-refractivity contribution in [3.8, 4) is 0 Å². The summed E-state index contributed by atoms with van der Waals surface area (Å²) in [5, 5.41) is 9.49. The Balaban J connectivity index is 1.28. The number of nitrogens with one attached hydrogen (secondary N) is 3. The summed E-state index contributed by atoms with van der Waals surface area (Å²) >= 11 is 15.3. The van der Waals surface area contributed by atoms with E-state index in [0.29, 0.717) is 32.4 Å². The Kier molecular flexibility index (Phi) is 11.8. The highest BCUT2D eigenvalue weighted by molar-refractivity contribution is 8.00. The number of aryl methyl sites for hydroxylation is 1. The van der Waals surface area contributed by atoms with E-state index in [0.717, 1.165) is 41.0 Å². The number of rotatable bonds is 11. The van der Waals surface area contributed by atoms with Crippen molar-refractivity contribution >= 4 is 86.8 Å². The van der Waals surface area contributed by atoms with Crippen LogP contribution < -0.4 is 16.0 Å². The first-order valence-electron chi connectivity index (χ1n) is 14.9. The largest absolute Gasteiger partial charge is 0.462 e. The molecule has 0 atom stereocenters. The van der Waals surface area contributed by atoms with Gasteiger partial charge in [0.05, 0.1) is 28.0 Å². The maximum Gasteiger partial charge on any atom is 0.341 e. The van der Waals surface area contributed by atoms with Crippen LogP contribution in [0.4, 0.5) is 10.7 Å². The normalized spacial score (nSPS) is 12.5. The van der Waals surface area contributed by atoms with Gasteiger partial charge in [0.15, 0.2) is 0 Å². The fraction of sp³-hybridized carbons (Fsp3) is 0.200. The first-order valence-corrected chi connectivity index (χ1v) is 17.5. The molecule has 12 heteroatoms. The van der Waals surface area contributed by atoms with E-state index in [1.165, 1.54) is 29.2 Å². The summed E-state index contributed by atoms with van der Waals surface area (Å²) in [7, 11) is 0. The fourth-order valence-electron chi connectivity index (χ4n) is 4.98. The van der Waals surface area contributed by atoms with Gasteiger partial charge < -0.3 is 20.7 Å². The van der Waals surface area contributed by atoms with Crippen molar-refractivity contribution in [2.45, 2.75) is 37.5 Å². The molecule has 4 aromatic rings. The summed E-state index contributed by atoms with van der Waals surface area (Å²) in [5.74, 6) is -1.66. The third-order valence-corrected chi connectivity index (χ3v) is 10.2. The molecule has 0 spiro atoms. The van der Waals surface area contributed by atoms with Gasteiger partial charge in [0.2, 0.25) is 5.91 Å². The molecule has 1 aliphatic carbocycles. The molecule has 3 amide bonds. The van der Waals surface area contributed by atoms with Crippen molar-refractivity contribution in [3.63, 3.8) is 0 Å². The molecule has 1 aliphatic rings. The third-order valence-electron chi connectivity index (χ3n) is 7.18. The smallest absolute Gasteiger partial charge is 0.341 e. The van der Waals surface area contributed by atoms with Gasteiger partial charge in [-0.25, -0.2) is 4.79 Å². The van der Waals surface area contributed by atoms with E-state index in [2.05, 4.69) is 16.0 Å². The number of fused-ring (bicyclic) bond motifs is 1. The molecule has 3 aromatic carbocycles. The summed E-state index contributed by atoms with van der Waals surface area (Å²) in [4.78, 5) is 54.1. The summed E-state index contributed by atoms with van der Waals surface area (Å²) in [6.07, 6.45) is 5.19. The summed E-state index contributed by atoms with van der Waals surface area (Å²) in [5.41, 5.74) is 2.68. The highest BCUT2D eigenvalue weighted by Crippen LogP contribution is 2.39. The van der Waals surface area contributed by atoms with Gasteiger partial charge in [-0.3, -0.25) is 14.4 Å². The fourth-order valence-corrected chi connectivity index (χ4v) is 7.39. The topological polar surface area (TPSA) is 114 Å². The molecule has 0 saturated carbocycles. The predicted molar refractivity (Wildman–Crippen MR) is 190 cm³/mol. The van der Waals surface area contributed by atoms with Crippen LogP contribution in [0.1, 0.15) is 56.5 Å². The number of benzene rings is 3. The maximum absolute atomic E-state index is 13.5. The van der Waals surface area contributed by atoms with Gasteiger partial charge in [0.25, 0.3) is 11.8 Å². The zero-order valence-corrected chi connectivity index (χ0v) is 28.5. The molecule has 242 valence electrons. The van der Waals surface area contributed by atoms with Crippen LogP contribution in [0, 0.1) is 0 Å². The Morgan fingerprint density at radius 3 is 2.49 bits per heavy atom. The highest BCUT2D eigenvalue weighted by atomic mass is 35.5. The summed E-state index contributed by atoms with van der Waals surface area (Å²) in [6, 6.07) is 20.5. The van der Waals surface area contributed by atoms with E-state index < -0.39 is 17.8 Å². The lowest BCUT2D eigenvalue weighted by molar-refractivity contribution is -0.114. The molecule has 1 aromatic heterocycles. The predicted octanol–water partition coefficient (Wildman–Crippen LogP) is 8.25. The van der Waals surface area contributed by atoms with Crippen molar-refractivity contribution in [1.82, 2.24) is 5.32 Å². The minimum absolute atomic E-state index is 0.0449. The first-order chi connectivity index (χ1) is 22.7. The lowest BCUT2D eigenvalue weighted by atomic mass is 9.95. The number of hydrogen-bond donors (Lipinski definition) is 3. The third kappa shape index (κ3) is 8.84. The standard InChI is InChI=1S/C35H31Cl2N3O5S2/c1-2-45-35(44)30-25-15-6-7-17-28(25)47-34(30)40-29(41)20-46-24-14-9-13-23(19-24)38-33(43)27(18-22-12-8-16-26(36)31(22)37)39-32(42)21-10-4-3-5-11-21/h3-5,8-14,16,18-19H,2,6-7,15,17,20H2,1H3,(H,38,43)(H,39,42)(H,40,41)/b27-18+. The van der Waals surface area contributed by atoms with Crippen LogP contribution in [0.3, 0.4) is 0 Å². The Morgan fingerprint density at radius 1 is 0.936 bits per heavy atom. The maximum atomic E-state index is 13.5. The Bertz CT molecular complexity index is 1840. The van der Waals surface area contributed by atoms with E-state index in [1.54, 1.807) is 73.7 Å². The van der Waals surface area contributed by atoms with Gasteiger partial charge in [0, 0.05) is 21.0 Å². The van der Waals surface area contributed by atoms with E-state index in [1.807, 2.05) is 6.07 Å². The van der Waals surface area contributed by atoms with Crippen molar-refractivity contribution in [2.75, 3.05) is 23.0 Å². The van der Waals surface area contributed by atoms with Crippen molar-refractivity contribution in [2.24, 2.45) is 0 Å². The monoisotopic (exact) mass is 707 g/mol. The molecule has 8 nitrogen and oxygen atoms in total. The molecule has 0 bridgehead atoms. The minimum Gasteiger partial charge on any atom is -0.462 e. The number of esters is 1. The molecule has 1 heterocycles. The lowest BCUT2D eigenvalue weighted by Crippen LogP contribution is -2.30. The average Bonchev–Trinajstić information content (AvgIpc) is 3.44. The van der Waals surface area contributed by atoms with Crippen LogP contribution in [0.25, 0.3) is 6.08 Å². The molecule has 0 saturated heterocycles. The molecule has 0 radical (unpaired) electrons. The number of halogens is 2. The Hall–Kier alpha value is -4.09. The molecular weight excluding hydrogens is 677 g/mol. The second-order valence-corrected chi connectivity index (χ2v) is 13.4. The zero-order valence-electron chi connectivity index (χ0n) is 25.4. The van der Waals surface area contributed by atoms with Gasteiger partial charge in [-0.1, -0.05) is 59.6 Å². The SMILES string of the molecule is CCOC(=O)c1c(NC(=O)CSc2cccc(NC(=O)/C(=C\c3cccc(Cl)c3Cl)NC(=O)c3ccccc3)c2)sc2c1CCCC2. The van der Waals surface area contributed by atoms with Gasteiger partial charge in [-0.05, 0) is 86.2 Å². The van der Waals surface area contributed by atoms with Crippen LogP contribution in [0.2, 0.25) is 10.0 Å². The number of amides is 3. The Labute approximate surface area is 290 Å². The molecule has 5 rings (SSSR count). The van der Waals surface area contributed by atoms with E-state index >= 15 is 0 Å². The second kappa shape index (κ2) is 16.1.